The average molecular weight is 445 g/mol. The second-order valence-electron chi connectivity index (χ2n) is 8.25. The number of hydrogen-bond donors (Lipinski definition) is 2. The van der Waals surface area contributed by atoms with Crippen molar-refractivity contribution in [2.24, 2.45) is 12.9 Å². The van der Waals surface area contributed by atoms with Crippen molar-refractivity contribution >= 4 is 11.6 Å². The van der Waals surface area contributed by atoms with Crippen molar-refractivity contribution in [1.82, 2.24) is 19.6 Å². The predicted octanol–water partition coefficient (Wildman–Crippen LogP) is 2.16. The first kappa shape index (κ1) is 24.2. The molecule has 0 aliphatic carbocycles. The fraction of sp³-hybridized carbons (Fsp3) is 0.565. The van der Waals surface area contributed by atoms with Crippen molar-refractivity contribution in [3.8, 4) is 5.75 Å². The fourth-order valence-electron chi connectivity index (χ4n) is 4.00. The summed E-state index contributed by atoms with van der Waals surface area (Å²) in [5.74, 6) is 5.67. The number of ether oxygens (including phenoxy) is 1. The van der Waals surface area contributed by atoms with E-state index in [0.29, 0.717) is 23.6 Å². The minimum Gasteiger partial charge on any atom is -0.493 e. The molecule has 1 fully saturated rings. The number of aromatic nitrogens is 2. The van der Waals surface area contributed by atoms with Gasteiger partial charge in [-0.1, -0.05) is 19.4 Å². The van der Waals surface area contributed by atoms with Crippen molar-refractivity contribution in [1.29, 1.82) is 0 Å². The molecule has 32 heavy (non-hydrogen) atoms. The predicted molar refractivity (Wildman–Crippen MR) is 125 cm³/mol. The van der Waals surface area contributed by atoms with Gasteiger partial charge < -0.3 is 15.0 Å². The summed E-state index contributed by atoms with van der Waals surface area (Å²) in [6.45, 7) is 9.58. The summed E-state index contributed by atoms with van der Waals surface area (Å²) >= 11 is 0. The number of nitrogens with one attached hydrogen (secondary N) is 1. The number of nitrogens with two attached hydrogens (primary N) is 1. The first-order valence-corrected chi connectivity index (χ1v) is 11.3. The van der Waals surface area contributed by atoms with Gasteiger partial charge in [-0.25, -0.2) is 5.90 Å². The molecule has 3 N–H and O–H groups in total. The molecule has 0 bridgehead atoms. The van der Waals surface area contributed by atoms with Crippen LogP contribution in [-0.4, -0.2) is 65.3 Å². The van der Waals surface area contributed by atoms with Crippen LogP contribution in [0.5, 0.6) is 5.75 Å². The van der Waals surface area contributed by atoms with Crippen LogP contribution in [-0.2, 0) is 31.5 Å². The van der Waals surface area contributed by atoms with Crippen molar-refractivity contribution in [2.75, 3.05) is 45.2 Å². The fourth-order valence-corrected chi connectivity index (χ4v) is 4.00. The van der Waals surface area contributed by atoms with Crippen LogP contribution < -0.4 is 16.0 Å². The Morgan fingerprint density at radius 2 is 1.94 bits per heavy atom. The number of benzene rings is 1. The molecule has 0 spiro atoms. The largest absolute Gasteiger partial charge is 0.493 e. The van der Waals surface area contributed by atoms with E-state index in [-0.39, 0.29) is 12.5 Å². The van der Waals surface area contributed by atoms with Gasteiger partial charge in [-0.2, -0.15) is 5.10 Å². The molecule has 0 unspecified atom stereocenters. The first-order valence-electron chi connectivity index (χ1n) is 11.3. The Labute approximate surface area is 190 Å². The minimum absolute atomic E-state index is 0.157. The third-order valence-electron chi connectivity index (χ3n) is 5.77. The van der Waals surface area contributed by atoms with Crippen LogP contribution in [0, 0.1) is 0 Å². The molecule has 9 heteroatoms. The monoisotopic (exact) mass is 444 g/mol. The molecule has 1 saturated heterocycles. The van der Waals surface area contributed by atoms with E-state index in [0.717, 1.165) is 62.5 Å². The summed E-state index contributed by atoms with van der Waals surface area (Å²) in [5.41, 5.74) is 3.83. The highest BCUT2D eigenvalue weighted by Gasteiger charge is 2.22. The van der Waals surface area contributed by atoms with Gasteiger partial charge in [-0.15, -0.1) is 0 Å². The molecule has 9 nitrogen and oxygen atoms in total. The van der Waals surface area contributed by atoms with Crippen LogP contribution in [0.15, 0.2) is 18.2 Å². The number of carbonyl (C=O) groups excluding carboxylic acids is 1. The first-order chi connectivity index (χ1) is 15.5. The number of piperazine rings is 1. The van der Waals surface area contributed by atoms with Crippen LogP contribution >= 0.6 is 0 Å². The van der Waals surface area contributed by atoms with Crippen LogP contribution in [0.4, 0.5) is 5.69 Å². The molecule has 1 aliphatic heterocycles. The molecular formula is C23H36N6O3. The number of likely N-dealkylation sites (N-methyl/N-ethyl adjacent to an activating group) is 1. The van der Waals surface area contributed by atoms with Gasteiger partial charge in [-0.05, 0) is 38.1 Å². The Balaban J connectivity index is 1.86. The molecule has 1 amide bonds. The van der Waals surface area contributed by atoms with E-state index < -0.39 is 0 Å². The van der Waals surface area contributed by atoms with Gasteiger partial charge in [0.15, 0.2) is 0 Å². The Morgan fingerprint density at radius 1 is 1.19 bits per heavy atom. The van der Waals surface area contributed by atoms with E-state index in [9.17, 15) is 4.79 Å². The smallest absolute Gasteiger partial charge is 0.259 e. The number of carbonyl (C=O) groups is 1. The molecule has 1 aliphatic rings. The van der Waals surface area contributed by atoms with E-state index in [1.807, 2.05) is 32.2 Å². The highest BCUT2D eigenvalue weighted by Crippen LogP contribution is 2.27. The van der Waals surface area contributed by atoms with Crippen molar-refractivity contribution in [3.05, 3.63) is 40.7 Å². The van der Waals surface area contributed by atoms with Gasteiger partial charge in [0.2, 0.25) is 0 Å². The zero-order valence-electron chi connectivity index (χ0n) is 19.7. The molecular weight excluding hydrogens is 408 g/mol. The summed E-state index contributed by atoms with van der Waals surface area (Å²) in [6.07, 6.45) is 1.66. The lowest BCUT2D eigenvalue weighted by atomic mass is 10.1. The quantitative estimate of drug-likeness (QED) is 0.542. The van der Waals surface area contributed by atoms with E-state index in [1.165, 1.54) is 0 Å². The lowest BCUT2D eigenvalue weighted by Crippen LogP contribution is -2.43. The summed E-state index contributed by atoms with van der Waals surface area (Å²) in [4.78, 5) is 23.0. The molecule has 0 saturated carbocycles. The average Bonchev–Trinajstić information content (AvgIpc) is 3.06. The van der Waals surface area contributed by atoms with Gasteiger partial charge in [0.1, 0.15) is 12.4 Å². The van der Waals surface area contributed by atoms with Gasteiger partial charge in [0.25, 0.3) is 5.91 Å². The summed E-state index contributed by atoms with van der Waals surface area (Å²) in [7, 11) is 3.97. The molecule has 2 aromatic rings. The molecule has 2 heterocycles. The number of rotatable bonds is 10. The van der Waals surface area contributed by atoms with Crippen LogP contribution in [0.25, 0.3) is 0 Å². The number of amides is 1. The van der Waals surface area contributed by atoms with Crippen LogP contribution in [0.1, 0.15) is 47.6 Å². The van der Waals surface area contributed by atoms with Gasteiger partial charge in [0.05, 0.1) is 29.2 Å². The Bertz CT molecular complexity index is 905. The second-order valence-corrected chi connectivity index (χ2v) is 8.25. The second kappa shape index (κ2) is 11.4. The Kier molecular flexibility index (Phi) is 8.63. The zero-order chi connectivity index (χ0) is 23.1. The molecule has 0 atom stereocenters. The summed E-state index contributed by atoms with van der Waals surface area (Å²) in [6, 6.07) is 5.87. The van der Waals surface area contributed by atoms with Crippen LogP contribution in [0.3, 0.4) is 0 Å². The van der Waals surface area contributed by atoms with Crippen LogP contribution in [0.2, 0.25) is 0 Å². The van der Waals surface area contributed by atoms with E-state index in [4.69, 9.17) is 15.5 Å². The van der Waals surface area contributed by atoms with E-state index in [1.54, 1.807) is 4.68 Å². The third kappa shape index (κ3) is 5.86. The van der Waals surface area contributed by atoms with E-state index in [2.05, 4.69) is 34.2 Å². The Hall–Kier alpha value is -2.46. The number of hydrogen-bond acceptors (Lipinski definition) is 7. The third-order valence-corrected chi connectivity index (χ3v) is 5.77. The number of nitrogens with zero attached hydrogens (tertiary/aromatic N) is 4. The molecule has 1 aromatic heterocycles. The van der Waals surface area contributed by atoms with Crippen molar-refractivity contribution < 1.29 is 14.4 Å². The van der Waals surface area contributed by atoms with Gasteiger partial charge in [0, 0.05) is 39.8 Å². The summed E-state index contributed by atoms with van der Waals surface area (Å²) in [5, 5.41) is 7.61. The maximum absolute atomic E-state index is 13.4. The molecule has 176 valence electrons. The highest BCUT2D eigenvalue weighted by molar-refractivity contribution is 6.07. The lowest BCUT2D eigenvalue weighted by molar-refractivity contribution is 0.102. The number of anilines is 1. The SMILES string of the molecule is CCCc1nn(C)c(CON)c1NC(=O)c1cc(CN2CCN(C)CC2)ccc1OCC. The van der Waals surface area contributed by atoms with Gasteiger partial charge in [-0.3, -0.25) is 19.2 Å². The topological polar surface area (TPSA) is 97.9 Å². The minimum atomic E-state index is -0.225. The molecule has 0 radical (unpaired) electrons. The Morgan fingerprint density at radius 3 is 2.59 bits per heavy atom. The zero-order valence-corrected chi connectivity index (χ0v) is 19.7. The highest BCUT2D eigenvalue weighted by atomic mass is 16.6. The lowest BCUT2D eigenvalue weighted by Gasteiger charge is -2.32. The van der Waals surface area contributed by atoms with Gasteiger partial charge >= 0.3 is 0 Å². The molecule has 1 aromatic carbocycles. The maximum Gasteiger partial charge on any atom is 0.259 e. The number of aryl methyl sites for hydroxylation is 2. The summed E-state index contributed by atoms with van der Waals surface area (Å²) < 4.78 is 7.48. The van der Waals surface area contributed by atoms with E-state index >= 15 is 0 Å². The normalized spacial score (nSPS) is 15.2. The maximum atomic E-state index is 13.4. The van der Waals surface area contributed by atoms with Crippen molar-refractivity contribution in [3.63, 3.8) is 0 Å². The molecule has 3 rings (SSSR count). The standard InChI is InChI=1S/C23H36N6O3/c1-5-7-19-22(20(16-32-24)28(4)26-19)25-23(30)18-14-17(8-9-21(18)31-6-2)15-29-12-10-27(3)11-13-29/h8-9,14H,5-7,10-13,15-16,24H2,1-4H3,(H,25,30). The van der Waals surface area contributed by atoms with Crippen molar-refractivity contribution in [2.45, 2.75) is 39.8 Å².